The molecule has 2 rings (SSSR count). The third-order valence-corrected chi connectivity index (χ3v) is 3.97. The van der Waals surface area contributed by atoms with Crippen molar-refractivity contribution in [2.45, 2.75) is 50.7 Å². The van der Waals surface area contributed by atoms with Crippen LogP contribution in [0.3, 0.4) is 0 Å². The minimum atomic E-state index is -0.948. The monoisotopic (exact) mass is 272 g/mol. The number of carboxylic acid groups (broad SMARTS) is 2. The normalized spacial score (nSPS) is 27.6. The minimum Gasteiger partial charge on any atom is -0.481 e. The molecule has 108 valence electrons. The molecule has 0 aromatic rings. The van der Waals surface area contributed by atoms with E-state index in [0.717, 1.165) is 0 Å². The van der Waals surface area contributed by atoms with Gasteiger partial charge in [0.25, 0.3) is 0 Å². The highest BCUT2D eigenvalue weighted by Crippen LogP contribution is 2.39. The van der Waals surface area contributed by atoms with Crippen LogP contribution in [-0.4, -0.2) is 47.6 Å². The number of ether oxygens (including phenoxy) is 2. The van der Waals surface area contributed by atoms with Gasteiger partial charge in [-0.3, -0.25) is 9.59 Å². The fraction of sp³-hybridized carbons (Fsp3) is 0.846. The second-order valence-corrected chi connectivity index (χ2v) is 5.47. The zero-order valence-corrected chi connectivity index (χ0v) is 10.8. The largest absolute Gasteiger partial charge is 0.481 e. The molecular formula is C13H20O6. The Morgan fingerprint density at radius 1 is 1.00 bits per heavy atom. The lowest BCUT2D eigenvalue weighted by Crippen LogP contribution is -2.33. The Kier molecular flexibility index (Phi) is 4.42. The highest BCUT2D eigenvalue weighted by atomic mass is 16.6. The van der Waals surface area contributed by atoms with Gasteiger partial charge >= 0.3 is 11.9 Å². The minimum absolute atomic E-state index is 0.108. The third kappa shape index (κ3) is 4.47. The van der Waals surface area contributed by atoms with Gasteiger partial charge in [-0.15, -0.1) is 0 Å². The highest BCUT2D eigenvalue weighted by molar-refractivity contribution is 5.76. The molecule has 6 heteroatoms. The molecule has 2 N–H and O–H groups in total. The van der Waals surface area contributed by atoms with E-state index in [1.807, 2.05) is 0 Å². The summed E-state index contributed by atoms with van der Waals surface area (Å²) >= 11 is 0. The van der Waals surface area contributed by atoms with Gasteiger partial charge in [0, 0.05) is 6.42 Å². The maximum Gasteiger partial charge on any atom is 0.309 e. The number of hydrogen-bond acceptors (Lipinski definition) is 4. The van der Waals surface area contributed by atoms with Crippen LogP contribution >= 0.6 is 0 Å². The summed E-state index contributed by atoms with van der Waals surface area (Å²) in [6, 6.07) is 0. The van der Waals surface area contributed by atoms with Crippen LogP contribution in [-0.2, 0) is 19.1 Å². The summed E-state index contributed by atoms with van der Waals surface area (Å²) in [4.78, 5) is 22.4. The molecule has 6 nitrogen and oxygen atoms in total. The standard InChI is InChI=1S/C13H20O6/c14-11(15)3-6-13(12(16)17,4-1-9-7-18-9)5-2-10-8-19-10/h9-10H,1-8H2,(H,14,15)(H,16,17). The predicted molar refractivity (Wildman–Crippen MR) is 64.9 cm³/mol. The van der Waals surface area contributed by atoms with Crippen molar-refractivity contribution >= 4 is 11.9 Å². The summed E-state index contributed by atoms with van der Waals surface area (Å²) in [6.07, 6.45) is 2.75. The molecule has 0 radical (unpaired) electrons. The van der Waals surface area contributed by atoms with Crippen molar-refractivity contribution in [1.29, 1.82) is 0 Å². The van der Waals surface area contributed by atoms with E-state index < -0.39 is 17.4 Å². The fourth-order valence-electron chi connectivity index (χ4n) is 2.39. The SMILES string of the molecule is O=C(O)CCC(CCC1CO1)(CCC1CO1)C(=O)O. The van der Waals surface area contributed by atoms with Crippen molar-refractivity contribution in [3.05, 3.63) is 0 Å². The molecule has 0 bridgehead atoms. The summed E-state index contributed by atoms with van der Waals surface area (Å²) in [5.41, 5.74) is -0.948. The van der Waals surface area contributed by atoms with Gasteiger partial charge in [0.15, 0.2) is 0 Å². The first-order chi connectivity index (χ1) is 9.02. The van der Waals surface area contributed by atoms with E-state index in [1.165, 1.54) is 0 Å². The predicted octanol–water partition coefficient (Wildman–Crippen LogP) is 1.28. The zero-order chi connectivity index (χ0) is 13.9. The summed E-state index contributed by atoms with van der Waals surface area (Å²) in [5.74, 6) is -1.84. The first-order valence-corrected chi connectivity index (χ1v) is 6.70. The summed E-state index contributed by atoms with van der Waals surface area (Å²) in [7, 11) is 0. The van der Waals surface area contributed by atoms with Gasteiger partial charge in [-0.1, -0.05) is 0 Å². The van der Waals surface area contributed by atoms with Gasteiger partial charge in [-0.25, -0.2) is 0 Å². The van der Waals surface area contributed by atoms with Gasteiger partial charge in [-0.05, 0) is 32.1 Å². The number of rotatable bonds is 10. The first kappa shape index (κ1) is 14.3. The van der Waals surface area contributed by atoms with Crippen LogP contribution < -0.4 is 0 Å². The quantitative estimate of drug-likeness (QED) is 0.581. The van der Waals surface area contributed by atoms with Crippen LogP contribution in [0.5, 0.6) is 0 Å². The van der Waals surface area contributed by atoms with Crippen molar-refractivity contribution in [3.8, 4) is 0 Å². The number of carbonyl (C=O) groups is 2. The first-order valence-electron chi connectivity index (χ1n) is 6.70. The third-order valence-electron chi connectivity index (χ3n) is 3.97. The molecule has 2 aliphatic heterocycles. The van der Waals surface area contributed by atoms with Gasteiger partial charge in [0.2, 0.25) is 0 Å². The van der Waals surface area contributed by atoms with Gasteiger partial charge < -0.3 is 19.7 Å². The second-order valence-electron chi connectivity index (χ2n) is 5.47. The van der Waals surface area contributed by atoms with Crippen molar-refractivity contribution in [1.82, 2.24) is 0 Å². The molecule has 2 aliphatic rings. The molecular weight excluding hydrogens is 252 g/mol. The van der Waals surface area contributed by atoms with E-state index in [0.29, 0.717) is 38.9 Å². The Labute approximate surface area is 111 Å². The Balaban J connectivity index is 1.94. The van der Waals surface area contributed by atoms with E-state index in [9.17, 15) is 14.7 Å². The Bertz CT molecular complexity index is 329. The molecule has 0 aromatic carbocycles. The number of carboxylic acids is 2. The molecule has 0 saturated carbocycles. The van der Waals surface area contributed by atoms with Crippen LogP contribution in [0, 0.1) is 5.41 Å². The van der Waals surface area contributed by atoms with Crippen LogP contribution in [0.4, 0.5) is 0 Å². The van der Waals surface area contributed by atoms with E-state index in [4.69, 9.17) is 14.6 Å². The second kappa shape index (κ2) is 5.88. The summed E-state index contributed by atoms with van der Waals surface area (Å²) in [5, 5.41) is 18.3. The van der Waals surface area contributed by atoms with Gasteiger partial charge in [0.05, 0.1) is 30.8 Å². The lowest BCUT2D eigenvalue weighted by Gasteiger charge is -2.28. The molecule has 2 saturated heterocycles. The van der Waals surface area contributed by atoms with E-state index in [1.54, 1.807) is 0 Å². The maximum atomic E-state index is 11.6. The smallest absolute Gasteiger partial charge is 0.309 e. The van der Waals surface area contributed by atoms with Crippen molar-refractivity contribution in [2.75, 3.05) is 13.2 Å². The van der Waals surface area contributed by atoms with E-state index in [2.05, 4.69) is 0 Å². The van der Waals surface area contributed by atoms with Crippen LogP contribution in [0.1, 0.15) is 38.5 Å². The van der Waals surface area contributed by atoms with Crippen LogP contribution in [0.25, 0.3) is 0 Å². The van der Waals surface area contributed by atoms with Crippen molar-refractivity contribution in [2.24, 2.45) is 5.41 Å². The molecule has 0 aromatic heterocycles. The molecule has 19 heavy (non-hydrogen) atoms. The Morgan fingerprint density at radius 2 is 1.47 bits per heavy atom. The summed E-state index contributed by atoms with van der Waals surface area (Å²) in [6.45, 7) is 1.39. The topological polar surface area (TPSA) is 99.7 Å². The Hall–Kier alpha value is -1.14. The van der Waals surface area contributed by atoms with Gasteiger partial charge in [0.1, 0.15) is 0 Å². The van der Waals surface area contributed by atoms with E-state index in [-0.39, 0.29) is 25.0 Å². The molecule has 2 unspecified atom stereocenters. The van der Waals surface area contributed by atoms with Crippen LogP contribution in [0.15, 0.2) is 0 Å². The van der Waals surface area contributed by atoms with Gasteiger partial charge in [-0.2, -0.15) is 0 Å². The molecule has 2 heterocycles. The average molecular weight is 272 g/mol. The molecule has 2 atom stereocenters. The number of epoxide rings is 2. The average Bonchev–Trinajstić information content (AvgIpc) is 3.22. The number of aliphatic carboxylic acids is 2. The zero-order valence-electron chi connectivity index (χ0n) is 10.8. The molecule has 0 spiro atoms. The van der Waals surface area contributed by atoms with Crippen LogP contribution in [0.2, 0.25) is 0 Å². The lowest BCUT2D eigenvalue weighted by molar-refractivity contribution is -0.151. The Morgan fingerprint density at radius 3 is 1.79 bits per heavy atom. The molecule has 0 amide bonds. The molecule has 2 fully saturated rings. The van der Waals surface area contributed by atoms with E-state index >= 15 is 0 Å². The number of hydrogen-bond donors (Lipinski definition) is 2. The lowest BCUT2D eigenvalue weighted by atomic mass is 9.74. The fourth-order valence-corrected chi connectivity index (χ4v) is 2.39. The molecule has 0 aliphatic carbocycles. The maximum absolute atomic E-state index is 11.6. The van der Waals surface area contributed by atoms with Crippen molar-refractivity contribution < 1.29 is 29.3 Å². The highest BCUT2D eigenvalue weighted by Gasteiger charge is 2.41. The summed E-state index contributed by atoms with van der Waals surface area (Å²) < 4.78 is 10.2. The van der Waals surface area contributed by atoms with Crippen molar-refractivity contribution in [3.63, 3.8) is 0 Å².